The molecule has 90 valence electrons. The molecule has 0 heterocycles. The van der Waals surface area contributed by atoms with E-state index in [0.717, 1.165) is 5.96 Å². The summed E-state index contributed by atoms with van der Waals surface area (Å²) >= 11 is 0. The van der Waals surface area contributed by atoms with Crippen molar-refractivity contribution < 1.29 is 18.4 Å². The monoisotopic (exact) mass is 237 g/mol. The number of hydrogen-bond acceptors (Lipinski definition) is 4. The van der Waals surface area contributed by atoms with Gasteiger partial charge in [0, 0.05) is 20.8 Å². The van der Waals surface area contributed by atoms with Gasteiger partial charge < -0.3 is 14.3 Å². The van der Waals surface area contributed by atoms with Gasteiger partial charge in [-0.1, -0.05) is 0 Å². The molecule has 15 heavy (non-hydrogen) atoms. The predicted octanol–water partition coefficient (Wildman–Crippen LogP) is 2.59. The first-order valence-electron chi connectivity index (χ1n) is 4.96. The summed E-state index contributed by atoms with van der Waals surface area (Å²) in [5, 5.41) is 11.6. The molecule has 0 amide bonds. The van der Waals surface area contributed by atoms with Gasteiger partial charge in [0.2, 0.25) is 0 Å². The Morgan fingerprint density at radius 3 is 1.93 bits per heavy atom. The lowest BCUT2D eigenvalue weighted by molar-refractivity contribution is -0.529. The molecule has 0 fully saturated rings. The van der Waals surface area contributed by atoms with Gasteiger partial charge in [0.05, 0.1) is 13.2 Å². The molecule has 0 aliphatic heterocycles. The summed E-state index contributed by atoms with van der Waals surface area (Å²) in [7, 11) is -3.38. The molecule has 0 rings (SSSR count). The minimum atomic E-state index is -3.38. The molecule has 0 atom stereocenters. The lowest BCUT2D eigenvalue weighted by Crippen LogP contribution is -2.29. The highest BCUT2D eigenvalue weighted by molar-refractivity contribution is 7.69. The fourth-order valence-electron chi connectivity index (χ4n) is 0.765. The van der Waals surface area contributed by atoms with Crippen molar-refractivity contribution in [2.24, 2.45) is 0 Å². The summed E-state index contributed by atoms with van der Waals surface area (Å²) < 4.78 is 22.5. The third-order valence-corrected chi connectivity index (χ3v) is 3.25. The van der Waals surface area contributed by atoms with E-state index in [0.29, 0.717) is 4.74 Å². The normalized spacial score (nSPS) is 14.3. The zero-order chi connectivity index (χ0) is 12.1. The van der Waals surface area contributed by atoms with Crippen LogP contribution in [0.4, 0.5) is 0 Å². The molecular weight excluding hydrogens is 217 g/mol. The maximum absolute atomic E-state index is 11.9. The van der Waals surface area contributed by atoms with Crippen LogP contribution in [0, 0.1) is 5.21 Å². The average Bonchev–Trinajstić information content (AvgIpc) is 2.02. The zero-order valence-corrected chi connectivity index (χ0v) is 10.9. The molecule has 0 radical (unpaired) electrons. The summed E-state index contributed by atoms with van der Waals surface area (Å²) in [5.41, 5.74) is -0.649. The maximum Gasteiger partial charge on any atom is 0.417 e. The maximum atomic E-state index is 11.9. The molecule has 6 heteroatoms. The van der Waals surface area contributed by atoms with E-state index < -0.39 is 13.1 Å². The van der Waals surface area contributed by atoms with Gasteiger partial charge in [-0.3, -0.25) is 0 Å². The molecule has 0 N–H and O–H groups in total. The number of hydrogen-bond donors (Lipinski definition) is 0. The Morgan fingerprint density at radius 2 is 1.67 bits per heavy atom. The van der Waals surface area contributed by atoms with Crippen LogP contribution < -0.4 is 0 Å². The molecule has 0 aromatic rings. The molecule has 0 bridgehead atoms. The average molecular weight is 237 g/mol. The summed E-state index contributed by atoms with van der Waals surface area (Å²) in [6.45, 7) is 9.05. The van der Waals surface area contributed by atoms with E-state index >= 15 is 0 Å². The van der Waals surface area contributed by atoms with Crippen molar-refractivity contribution in [1.29, 1.82) is 0 Å². The molecule has 0 aromatic heterocycles. The van der Waals surface area contributed by atoms with Gasteiger partial charge >= 0.3 is 7.60 Å². The second kappa shape index (κ2) is 5.64. The third-order valence-electron chi connectivity index (χ3n) is 1.53. The largest absolute Gasteiger partial charge is 0.623 e. The molecule has 0 saturated heterocycles. The fraction of sp³-hybridized carbons (Fsp3) is 0.889. The van der Waals surface area contributed by atoms with E-state index in [9.17, 15) is 9.77 Å². The van der Waals surface area contributed by atoms with Gasteiger partial charge in [-0.05, 0) is 13.8 Å². The van der Waals surface area contributed by atoms with Gasteiger partial charge in [-0.2, -0.15) is 0 Å². The highest BCUT2D eigenvalue weighted by Crippen LogP contribution is 2.45. The highest BCUT2D eigenvalue weighted by Gasteiger charge is 2.29. The second-order valence-corrected chi connectivity index (χ2v) is 5.81. The molecule has 5 nitrogen and oxygen atoms in total. The first kappa shape index (κ1) is 14.6. The summed E-state index contributed by atoms with van der Waals surface area (Å²) in [6, 6.07) is 0. The van der Waals surface area contributed by atoms with E-state index in [1.165, 1.54) is 0 Å². The van der Waals surface area contributed by atoms with Gasteiger partial charge in [0.15, 0.2) is 5.54 Å². The fourth-order valence-corrected chi connectivity index (χ4v) is 2.30. The number of hydroxylamine groups is 1. The Labute approximate surface area is 91.2 Å². The summed E-state index contributed by atoms with van der Waals surface area (Å²) in [5.74, 6) is 1.00. The molecule has 0 aliphatic rings. The van der Waals surface area contributed by atoms with Crippen molar-refractivity contribution in [2.45, 2.75) is 40.2 Å². The highest BCUT2D eigenvalue weighted by atomic mass is 31.2. The van der Waals surface area contributed by atoms with Crippen molar-refractivity contribution in [3.8, 4) is 0 Å². The van der Waals surface area contributed by atoms with Crippen LogP contribution in [0.2, 0.25) is 0 Å². The predicted molar refractivity (Wildman–Crippen MR) is 60.3 cm³/mol. The first-order chi connectivity index (χ1) is 6.75. The quantitative estimate of drug-likeness (QED) is 0.242. The van der Waals surface area contributed by atoms with Crippen LogP contribution in [0.5, 0.6) is 0 Å². The van der Waals surface area contributed by atoms with Crippen LogP contribution in [0.3, 0.4) is 0 Å². The Bertz CT molecular complexity index is 260. The van der Waals surface area contributed by atoms with Gasteiger partial charge in [-0.25, -0.2) is 9.30 Å². The Balaban J connectivity index is 4.89. The third kappa shape index (κ3) is 5.30. The Hall–Kier alpha value is -0.380. The first-order valence-corrected chi connectivity index (χ1v) is 6.57. The van der Waals surface area contributed by atoms with Crippen LogP contribution in [0.15, 0.2) is 0 Å². The molecule has 0 aliphatic carbocycles. The lowest BCUT2D eigenvalue weighted by Gasteiger charge is -2.20. The van der Waals surface area contributed by atoms with Gasteiger partial charge in [0.1, 0.15) is 0 Å². The second-order valence-electron chi connectivity index (χ2n) is 3.99. The van der Waals surface area contributed by atoms with Crippen molar-refractivity contribution in [1.82, 2.24) is 0 Å². The van der Waals surface area contributed by atoms with E-state index in [4.69, 9.17) is 9.05 Å². The van der Waals surface area contributed by atoms with Crippen LogP contribution >= 0.6 is 7.60 Å². The SMILES string of the molecule is CCOP(=O)(/C=[N+](/[O-])C(C)(C)C)OCC. The Morgan fingerprint density at radius 1 is 1.27 bits per heavy atom. The molecule has 0 spiro atoms. The van der Waals surface area contributed by atoms with Crippen LogP contribution in [-0.2, 0) is 13.6 Å². The summed E-state index contributed by atoms with van der Waals surface area (Å²) in [6.07, 6.45) is 0. The Kier molecular flexibility index (Phi) is 5.49. The van der Waals surface area contributed by atoms with Crippen molar-refractivity contribution in [2.75, 3.05) is 13.2 Å². The van der Waals surface area contributed by atoms with Gasteiger partial charge in [0.25, 0.3) is 5.96 Å². The van der Waals surface area contributed by atoms with Crippen molar-refractivity contribution >= 4 is 13.6 Å². The summed E-state index contributed by atoms with van der Waals surface area (Å²) in [4.78, 5) is 0. The molecular formula is C9H20NO4P. The van der Waals surface area contributed by atoms with Crippen LogP contribution in [-0.4, -0.2) is 29.4 Å². The minimum absolute atomic E-state index is 0.242. The standard InChI is InChI=1S/C9H20NO4P/c1-6-13-15(12,14-7-2)8-10(11)9(3,4)5/h8H,6-7H2,1-5H3/b10-8+. The zero-order valence-electron chi connectivity index (χ0n) is 10.0. The molecule has 0 unspecified atom stereocenters. The molecule has 0 saturated carbocycles. The van der Waals surface area contributed by atoms with Gasteiger partial charge in [-0.15, -0.1) is 0 Å². The van der Waals surface area contributed by atoms with Crippen molar-refractivity contribution in [3.63, 3.8) is 0 Å². The van der Waals surface area contributed by atoms with E-state index in [1.54, 1.807) is 34.6 Å². The van der Waals surface area contributed by atoms with E-state index in [2.05, 4.69) is 0 Å². The molecule has 0 aromatic carbocycles. The topological polar surface area (TPSA) is 61.6 Å². The minimum Gasteiger partial charge on any atom is -0.623 e. The smallest absolute Gasteiger partial charge is 0.417 e. The lowest BCUT2D eigenvalue weighted by atomic mass is 10.1. The van der Waals surface area contributed by atoms with E-state index in [-0.39, 0.29) is 13.2 Å². The van der Waals surface area contributed by atoms with Crippen LogP contribution in [0.1, 0.15) is 34.6 Å². The van der Waals surface area contributed by atoms with Crippen LogP contribution in [0.25, 0.3) is 0 Å². The number of rotatable bonds is 5. The van der Waals surface area contributed by atoms with E-state index in [1.807, 2.05) is 0 Å². The number of nitrogens with zero attached hydrogens (tertiary/aromatic N) is 1. The van der Waals surface area contributed by atoms with Crippen molar-refractivity contribution in [3.05, 3.63) is 5.21 Å².